The van der Waals surface area contributed by atoms with E-state index in [0.717, 1.165) is 43.2 Å². The Hall–Kier alpha value is -8.81. The molecule has 3 fully saturated rings. The quantitative estimate of drug-likeness (QED) is 0.0379. The standard InChI is InChI=1S/C63H88N16O17S4/c1-32(2)20-41-56(87)76-46-28-98-97-27-45(54(85)67-25-50(82)70-42(21-34-9-13-37(80)14-10-34)57(88)71-39(55(86)72-41)8-6-7-19-64)75-61(92)47(77-62(93)52(33(3)4)79-51(83)26-66-53(84)40-17-18-49(81)69-40)29-99-100-30-48(63(94)95)78-58(89)43(22-35-11-15-38(96-5)16-12-35)73-59(90)44(74-60(46)91)23-36-24-65-31-68-36/h9-16,24,31-33,39-48,52,80H,6-8,17-23,25-30,64H2,1-5H3,(H,65,68)(H,66,84)(H,67,85)(H,69,81)(H,70,82)(H,71,88)(H,72,86)(H,73,90)(H,74,91)(H,75,92)(H,76,87)(H,77,93)(H,78,89)(H,79,83)(H,94,95)/t39-,40-,41-,42-,43+,44-,45-,46-,47-,48-,52-/m0/s1. The molecular weight excluding hydrogens is 1380 g/mol. The zero-order valence-electron chi connectivity index (χ0n) is 55.8. The van der Waals surface area contributed by atoms with Gasteiger partial charge >= 0.3 is 5.97 Å². The van der Waals surface area contributed by atoms with Crippen molar-refractivity contribution in [2.75, 3.05) is 49.8 Å². The van der Waals surface area contributed by atoms with E-state index in [1.54, 1.807) is 52.0 Å². The average Bonchev–Trinajstić information content (AvgIpc) is 0.962. The van der Waals surface area contributed by atoms with Crippen LogP contribution in [0.5, 0.6) is 11.5 Å². The summed E-state index contributed by atoms with van der Waals surface area (Å²) < 4.78 is 5.31. The predicted molar refractivity (Wildman–Crippen MR) is 372 cm³/mol. The van der Waals surface area contributed by atoms with Crippen LogP contribution in [0, 0.1) is 11.8 Å². The Kier molecular flexibility index (Phi) is 32.4. The highest BCUT2D eigenvalue weighted by molar-refractivity contribution is 8.77. The van der Waals surface area contributed by atoms with Gasteiger partial charge < -0.3 is 94.8 Å². The van der Waals surface area contributed by atoms with Gasteiger partial charge in [-0.2, -0.15) is 0 Å². The Balaban J connectivity index is 1.43. The number of unbranched alkanes of at least 4 members (excludes halogenated alkanes) is 1. The maximum absolute atomic E-state index is 15.1. The first-order chi connectivity index (χ1) is 47.7. The number of fused-ring (bicyclic) bond motifs is 5. The number of rotatable bonds is 21. The van der Waals surface area contributed by atoms with E-state index in [1.807, 2.05) is 0 Å². The topological polar surface area (TPSA) is 500 Å². The number of hydrogen-bond donors (Lipinski definition) is 17. The molecule has 4 heterocycles. The first-order valence-corrected chi connectivity index (χ1v) is 37.3. The molecule has 2 aromatic carbocycles. The van der Waals surface area contributed by atoms with Gasteiger partial charge in [-0.25, -0.2) is 9.78 Å². The lowest BCUT2D eigenvalue weighted by molar-refractivity contribution is -0.141. The summed E-state index contributed by atoms with van der Waals surface area (Å²) >= 11 is 0. The number of aromatic nitrogens is 2. The van der Waals surface area contributed by atoms with Gasteiger partial charge in [-0.05, 0) is 85.9 Å². The molecule has 3 saturated heterocycles. The van der Waals surface area contributed by atoms with Gasteiger partial charge in [0, 0.05) is 60.6 Å². The number of carboxylic acids is 1. The van der Waals surface area contributed by atoms with Gasteiger partial charge in [0.05, 0.1) is 26.5 Å². The number of methoxy groups -OCH3 is 1. The fourth-order valence-electron chi connectivity index (χ4n) is 10.3. The summed E-state index contributed by atoms with van der Waals surface area (Å²) in [6.07, 6.45) is 2.99. The molecule has 18 N–H and O–H groups in total. The van der Waals surface area contributed by atoms with Crippen LogP contribution < -0.4 is 79.6 Å². The summed E-state index contributed by atoms with van der Waals surface area (Å²) in [7, 11) is 4.98. The molecule has 6 rings (SSSR count). The van der Waals surface area contributed by atoms with Crippen LogP contribution in [0.4, 0.5) is 0 Å². The minimum atomic E-state index is -1.69. The SMILES string of the molecule is COc1ccc(C[C@H]2NC(=O)[C@H](Cc3cnc[nH]3)NC(=O)[C@@H]3CSSC[C@H](NC(=O)[C@@H](NC(=O)[C@@H](NC(=O)CNC(=O)[C@@H]4CCC(=O)N4)C(C)C)CSSC[C@@H](C(=O)O)NC2=O)C(=O)NCC(=O)N[C@@H](Cc2ccc(O)cc2)C(=O)N[C@@H](CCCCN)C(=O)N[C@@H](CC(C)C)C(=O)N3)cc1. The minimum absolute atomic E-state index is 0.00279. The van der Waals surface area contributed by atoms with Crippen molar-refractivity contribution in [3.8, 4) is 11.5 Å². The fourth-order valence-corrected chi connectivity index (χ4v) is 15.0. The fraction of sp³-hybridized carbons (Fsp3) is 0.540. The Bertz CT molecular complexity index is 3360. The molecule has 2 bridgehead atoms. The highest BCUT2D eigenvalue weighted by Crippen LogP contribution is 2.26. The number of imidazole rings is 1. The third kappa shape index (κ3) is 26.4. The molecule has 3 aliphatic heterocycles. The first kappa shape index (κ1) is 80.2. The summed E-state index contributed by atoms with van der Waals surface area (Å²) in [4.78, 5) is 204. The number of phenols is 1. The second-order valence-electron chi connectivity index (χ2n) is 24.6. The molecule has 33 nitrogen and oxygen atoms in total. The van der Waals surface area contributed by atoms with Crippen molar-refractivity contribution >= 4 is 126 Å². The number of hydrogen-bond acceptors (Lipinski definition) is 22. The molecule has 0 aliphatic carbocycles. The number of nitrogens with zero attached hydrogens (tertiary/aromatic N) is 1. The molecule has 0 radical (unpaired) electrons. The molecule has 0 saturated carbocycles. The largest absolute Gasteiger partial charge is 0.508 e. The third-order valence-electron chi connectivity index (χ3n) is 15.8. The van der Waals surface area contributed by atoms with Crippen LogP contribution in [-0.4, -0.2) is 219 Å². The lowest BCUT2D eigenvalue weighted by Gasteiger charge is -2.29. The highest BCUT2D eigenvalue weighted by atomic mass is 33.1. The number of phenolic OH excluding ortho intramolecular Hbond substituents is 1. The van der Waals surface area contributed by atoms with E-state index in [1.165, 1.54) is 43.9 Å². The maximum atomic E-state index is 15.1. The summed E-state index contributed by atoms with van der Waals surface area (Å²) in [6, 6.07) is -3.92. The second kappa shape index (κ2) is 40.4. The Morgan fingerprint density at radius 3 is 1.78 bits per heavy atom. The van der Waals surface area contributed by atoms with E-state index in [-0.39, 0.29) is 86.3 Å². The van der Waals surface area contributed by atoms with Crippen LogP contribution in [0.3, 0.4) is 0 Å². The Morgan fingerprint density at radius 1 is 0.620 bits per heavy atom. The van der Waals surface area contributed by atoms with E-state index in [9.17, 15) is 72.5 Å². The Labute approximate surface area is 592 Å². The molecule has 3 aromatic rings. The average molecular weight is 1470 g/mol. The summed E-state index contributed by atoms with van der Waals surface area (Å²) in [5, 5.41) is 54.5. The number of carbonyl (C=O) groups excluding carboxylic acids is 13. The number of benzene rings is 2. The normalized spacial score (nSPS) is 24.2. The van der Waals surface area contributed by atoms with Crippen LogP contribution in [-0.2, 0) is 86.4 Å². The third-order valence-corrected chi connectivity index (χ3v) is 20.7. The van der Waals surface area contributed by atoms with E-state index in [0.29, 0.717) is 35.4 Å². The number of aliphatic carboxylic acids is 1. The lowest BCUT2D eigenvalue weighted by atomic mass is 10.0. The number of aromatic hydroxyl groups is 1. The van der Waals surface area contributed by atoms with Gasteiger partial charge in [-0.3, -0.25) is 62.3 Å². The molecule has 0 unspecified atom stereocenters. The van der Waals surface area contributed by atoms with Crippen molar-refractivity contribution in [3.63, 3.8) is 0 Å². The van der Waals surface area contributed by atoms with E-state index in [2.05, 4.69) is 79.1 Å². The van der Waals surface area contributed by atoms with Crippen LogP contribution in [0.1, 0.15) is 83.0 Å². The van der Waals surface area contributed by atoms with Crippen molar-refractivity contribution in [3.05, 3.63) is 77.9 Å². The van der Waals surface area contributed by atoms with Crippen molar-refractivity contribution in [1.82, 2.24) is 79.1 Å². The number of amides is 13. The highest BCUT2D eigenvalue weighted by Gasteiger charge is 2.38. The number of carbonyl (C=O) groups is 14. The second-order valence-corrected chi connectivity index (χ2v) is 29.7. The van der Waals surface area contributed by atoms with Crippen LogP contribution in [0.2, 0.25) is 0 Å². The zero-order valence-corrected chi connectivity index (χ0v) is 59.0. The van der Waals surface area contributed by atoms with Crippen molar-refractivity contribution in [1.29, 1.82) is 0 Å². The van der Waals surface area contributed by atoms with Crippen molar-refractivity contribution in [2.24, 2.45) is 17.6 Å². The van der Waals surface area contributed by atoms with Crippen molar-refractivity contribution < 1.29 is 82.1 Å². The Morgan fingerprint density at radius 2 is 1.18 bits per heavy atom. The number of ether oxygens (including phenoxy) is 1. The molecule has 11 atom stereocenters. The van der Waals surface area contributed by atoms with Gasteiger partial charge in [0.25, 0.3) is 0 Å². The van der Waals surface area contributed by atoms with Gasteiger partial charge in [-0.1, -0.05) is 95.1 Å². The minimum Gasteiger partial charge on any atom is -0.508 e. The van der Waals surface area contributed by atoms with Crippen LogP contribution in [0.15, 0.2) is 61.1 Å². The van der Waals surface area contributed by atoms with Crippen LogP contribution in [0.25, 0.3) is 0 Å². The number of aromatic amines is 1. The number of nitrogens with two attached hydrogens (primary N) is 1. The number of nitrogens with one attached hydrogen (secondary N) is 14. The molecule has 0 spiro atoms. The predicted octanol–water partition coefficient (Wildman–Crippen LogP) is -2.78. The van der Waals surface area contributed by atoms with E-state index < -0.39 is 168 Å². The molecule has 3 aliphatic rings. The maximum Gasteiger partial charge on any atom is 0.327 e. The molecular formula is C63H88N16O17S4. The molecule has 100 heavy (non-hydrogen) atoms. The number of H-pyrrole nitrogens is 1. The van der Waals surface area contributed by atoms with E-state index >= 15 is 4.79 Å². The summed E-state index contributed by atoms with van der Waals surface area (Å²) in [6.45, 7) is 5.50. The van der Waals surface area contributed by atoms with Gasteiger partial charge in [0.2, 0.25) is 76.8 Å². The smallest absolute Gasteiger partial charge is 0.327 e. The molecule has 37 heteroatoms. The summed E-state index contributed by atoms with van der Waals surface area (Å²) in [5.74, 6) is -14.8. The van der Waals surface area contributed by atoms with Crippen molar-refractivity contribution in [2.45, 2.75) is 152 Å². The first-order valence-electron chi connectivity index (χ1n) is 32.4. The monoisotopic (exact) mass is 1470 g/mol. The molecule has 546 valence electrons. The number of carboxylic acid groups (broad SMARTS) is 1. The van der Waals surface area contributed by atoms with Crippen LogP contribution >= 0.6 is 43.2 Å². The van der Waals surface area contributed by atoms with Gasteiger partial charge in [0.1, 0.15) is 78.0 Å². The van der Waals surface area contributed by atoms with Gasteiger partial charge in [0.15, 0.2) is 0 Å². The molecule has 13 amide bonds. The van der Waals surface area contributed by atoms with E-state index in [4.69, 9.17) is 10.5 Å². The molecule has 1 aromatic heterocycles. The lowest BCUT2D eigenvalue weighted by Crippen LogP contribution is -2.61. The zero-order chi connectivity index (χ0) is 73.0. The van der Waals surface area contributed by atoms with Gasteiger partial charge in [-0.15, -0.1) is 0 Å². The summed E-state index contributed by atoms with van der Waals surface area (Å²) in [5.41, 5.74) is 7.10.